The van der Waals surface area contributed by atoms with Gasteiger partial charge in [-0.15, -0.1) is 0 Å². The van der Waals surface area contributed by atoms with Crippen LogP contribution in [0.4, 0.5) is 5.69 Å². The van der Waals surface area contributed by atoms with Crippen molar-refractivity contribution in [3.05, 3.63) is 90.0 Å². The van der Waals surface area contributed by atoms with Gasteiger partial charge in [-0.25, -0.2) is 5.84 Å². The lowest BCUT2D eigenvalue weighted by Gasteiger charge is -2.04. The zero-order chi connectivity index (χ0) is 18.6. The number of para-hydroxylation sites is 2. The van der Waals surface area contributed by atoms with Gasteiger partial charge in [0.25, 0.3) is 5.91 Å². The van der Waals surface area contributed by atoms with Crippen molar-refractivity contribution in [3.63, 3.8) is 0 Å². The minimum absolute atomic E-state index is 0.370. The zero-order valence-electron chi connectivity index (χ0n) is 14.5. The number of H-pyrrole nitrogens is 1. The standard InChI is InChI=1S/C22H18N4O/c23-26-22(27)17-11-5-6-12-19(17)24-14-18-16-10-4-7-13-20(16)25-21(18)15-8-2-1-3-9-15/h1-14,25H,23H2,(H,26,27). The van der Waals surface area contributed by atoms with E-state index in [4.69, 9.17) is 5.84 Å². The van der Waals surface area contributed by atoms with E-state index in [1.807, 2.05) is 42.5 Å². The molecule has 4 aromatic rings. The van der Waals surface area contributed by atoms with Crippen molar-refractivity contribution in [1.82, 2.24) is 10.4 Å². The predicted octanol–water partition coefficient (Wildman–Crippen LogP) is 4.19. The van der Waals surface area contributed by atoms with Crippen LogP contribution in [0.3, 0.4) is 0 Å². The largest absolute Gasteiger partial charge is 0.354 e. The molecule has 27 heavy (non-hydrogen) atoms. The molecule has 0 spiro atoms. The minimum Gasteiger partial charge on any atom is -0.354 e. The molecule has 0 radical (unpaired) electrons. The first kappa shape index (κ1) is 16.8. The van der Waals surface area contributed by atoms with Gasteiger partial charge in [-0.05, 0) is 23.8 Å². The second-order valence-corrected chi connectivity index (χ2v) is 6.07. The average molecular weight is 354 g/mol. The molecule has 4 rings (SSSR count). The topological polar surface area (TPSA) is 83.3 Å². The number of nitrogen functional groups attached to an aromatic ring is 1. The molecule has 5 nitrogen and oxygen atoms in total. The van der Waals surface area contributed by atoms with Gasteiger partial charge in [0.1, 0.15) is 0 Å². The summed E-state index contributed by atoms with van der Waals surface area (Å²) in [5.41, 5.74) is 7.22. The SMILES string of the molecule is NNC(=O)c1ccccc1N=Cc1c(-c2ccccc2)[nH]c2ccccc12. The minimum atomic E-state index is -0.370. The van der Waals surface area contributed by atoms with Crippen LogP contribution in [0.1, 0.15) is 15.9 Å². The van der Waals surface area contributed by atoms with E-state index in [-0.39, 0.29) is 5.91 Å². The van der Waals surface area contributed by atoms with Gasteiger partial charge in [0.2, 0.25) is 0 Å². The van der Waals surface area contributed by atoms with E-state index in [1.165, 1.54) is 0 Å². The van der Waals surface area contributed by atoms with E-state index in [0.29, 0.717) is 11.3 Å². The van der Waals surface area contributed by atoms with Crippen molar-refractivity contribution >= 4 is 28.7 Å². The van der Waals surface area contributed by atoms with Crippen LogP contribution in [0.25, 0.3) is 22.2 Å². The number of amides is 1. The Bertz CT molecular complexity index is 1130. The summed E-state index contributed by atoms with van der Waals surface area (Å²) >= 11 is 0. The molecule has 5 heteroatoms. The van der Waals surface area contributed by atoms with Gasteiger partial charge in [-0.3, -0.25) is 15.2 Å². The number of fused-ring (bicyclic) bond motifs is 1. The lowest BCUT2D eigenvalue weighted by atomic mass is 10.1. The van der Waals surface area contributed by atoms with E-state index in [9.17, 15) is 4.79 Å². The number of rotatable bonds is 4. The lowest BCUT2D eigenvalue weighted by Crippen LogP contribution is -2.29. The highest BCUT2D eigenvalue weighted by Crippen LogP contribution is 2.30. The van der Waals surface area contributed by atoms with Crippen molar-refractivity contribution in [1.29, 1.82) is 0 Å². The number of hydrogen-bond acceptors (Lipinski definition) is 3. The molecular formula is C22H18N4O. The fourth-order valence-electron chi connectivity index (χ4n) is 3.12. The maximum atomic E-state index is 12.0. The maximum Gasteiger partial charge on any atom is 0.267 e. The molecule has 1 aromatic heterocycles. The van der Waals surface area contributed by atoms with Crippen LogP contribution in [-0.2, 0) is 0 Å². The first-order chi connectivity index (χ1) is 13.3. The lowest BCUT2D eigenvalue weighted by molar-refractivity contribution is 0.0954. The van der Waals surface area contributed by atoms with Gasteiger partial charge in [-0.2, -0.15) is 0 Å². The van der Waals surface area contributed by atoms with Crippen LogP contribution in [0, 0.1) is 0 Å². The number of nitrogens with two attached hydrogens (primary N) is 1. The van der Waals surface area contributed by atoms with E-state index < -0.39 is 0 Å². The number of hydrogen-bond donors (Lipinski definition) is 3. The molecule has 0 fully saturated rings. The Kier molecular flexibility index (Phi) is 4.51. The molecule has 1 amide bonds. The van der Waals surface area contributed by atoms with Gasteiger partial charge in [0.15, 0.2) is 0 Å². The highest BCUT2D eigenvalue weighted by molar-refractivity contribution is 6.07. The highest BCUT2D eigenvalue weighted by Gasteiger charge is 2.12. The van der Waals surface area contributed by atoms with Crippen LogP contribution >= 0.6 is 0 Å². The van der Waals surface area contributed by atoms with Gasteiger partial charge in [-0.1, -0.05) is 60.7 Å². The Morgan fingerprint density at radius 3 is 2.44 bits per heavy atom. The third-order valence-corrected chi connectivity index (χ3v) is 4.42. The van der Waals surface area contributed by atoms with Crippen LogP contribution in [0.15, 0.2) is 83.9 Å². The van der Waals surface area contributed by atoms with Gasteiger partial charge in [0.05, 0.1) is 16.9 Å². The smallest absolute Gasteiger partial charge is 0.267 e. The number of carbonyl (C=O) groups excluding carboxylic acids is 1. The van der Waals surface area contributed by atoms with Crippen molar-refractivity contribution in [2.75, 3.05) is 0 Å². The van der Waals surface area contributed by atoms with Crippen molar-refractivity contribution < 1.29 is 4.79 Å². The second-order valence-electron chi connectivity index (χ2n) is 6.07. The quantitative estimate of drug-likeness (QED) is 0.222. The number of aromatic nitrogens is 1. The molecule has 3 aromatic carbocycles. The van der Waals surface area contributed by atoms with Gasteiger partial charge >= 0.3 is 0 Å². The summed E-state index contributed by atoms with van der Waals surface area (Å²) in [5, 5.41) is 1.07. The molecule has 0 bridgehead atoms. The van der Waals surface area contributed by atoms with Crippen LogP contribution in [0.5, 0.6) is 0 Å². The first-order valence-corrected chi connectivity index (χ1v) is 8.58. The molecule has 0 aliphatic carbocycles. The van der Waals surface area contributed by atoms with Crippen LogP contribution in [0.2, 0.25) is 0 Å². The molecular weight excluding hydrogens is 336 g/mol. The molecule has 0 aliphatic heterocycles. The average Bonchev–Trinajstić information content (AvgIpc) is 3.11. The number of aromatic amines is 1. The van der Waals surface area contributed by atoms with Crippen molar-refractivity contribution in [2.24, 2.45) is 10.8 Å². The van der Waals surface area contributed by atoms with Crippen LogP contribution in [-0.4, -0.2) is 17.1 Å². The summed E-state index contributed by atoms with van der Waals surface area (Å²) in [6.45, 7) is 0. The van der Waals surface area contributed by atoms with Crippen molar-refractivity contribution in [2.45, 2.75) is 0 Å². The number of carbonyl (C=O) groups is 1. The zero-order valence-corrected chi connectivity index (χ0v) is 14.5. The summed E-state index contributed by atoms with van der Waals surface area (Å²) in [7, 11) is 0. The number of nitrogens with zero attached hydrogens (tertiary/aromatic N) is 1. The first-order valence-electron chi connectivity index (χ1n) is 8.58. The van der Waals surface area contributed by atoms with Crippen LogP contribution < -0.4 is 11.3 Å². The van der Waals surface area contributed by atoms with E-state index in [1.54, 1.807) is 24.4 Å². The molecule has 1 heterocycles. The molecule has 4 N–H and O–H groups in total. The van der Waals surface area contributed by atoms with Gasteiger partial charge < -0.3 is 4.98 Å². The Morgan fingerprint density at radius 1 is 0.926 bits per heavy atom. The Balaban J connectivity index is 1.85. The summed E-state index contributed by atoms with van der Waals surface area (Å²) in [6, 6.07) is 25.3. The van der Waals surface area contributed by atoms with E-state index in [0.717, 1.165) is 27.7 Å². The highest BCUT2D eigenvalue weighted by atomic mass is 16.2. The van der Waals surface area contributed by atoms with E-state index in [2.05, 4.69) is 33.6 Å². The molecule has 0 unspecified atom stereocenters. The molecule has 0 saturated heterocycles. The maximum absolute atomic E-state index is 12.0. The fraction of sp³-hybridized carbons (Fsp3) is 0. The molecule has 0 saturated carbocycles. The Hall–Kier alpha value is -3.70. The number of hydrazine groups is 1. The van der Waals surface area contributed by atoms with Crippen molar-refractivity contribution in [3.8, 4) is 11.3 Å². The number of nitrogens with one attached hydrogen (secondary N) is 2. The van der Waals surface area contributed by atoms with Gasteiger partial charge in [0, 0.05) is 22.7 Å². The summed E-state index contributed by atoms with van der Waals surface area (Å²) in [6.07, 6.45) is 1.80. The third kappa shape index (κ3) is 3.23. The second kappa shape index (κ2) is 7.27. The van der Waals surface area contributed by atoms with E-state index >= 15 is 0 Å². The molecule has 132 valence electrons. The number of benzene rings is 3. The molecule has 0 atom stereocenters. The monoisotopic (exact) mass is 354 g/mol. The Morgan fingerprint density at radius 2 is 1.63 bits per heavy atom. The fourth-order valence-corrected chi connectivity index (χ4v) is 3.12. The third-order valence-electron chi connectivity index (χ3n) is 4.42. The number of aliphatic imine (C=N–C) groups is 1. The normalized spacial score (nSPS) is 11.1. The molecule has 0 aliphatic rings. The summed E-state index contributed by atoms with van der Waals surface area (Å²) in [5.74, 6) is 4.91. The summed E-state index contributed by atoms with van der Waals surface area (Å²) < 4.78 is 0. The predicted molar refractivity (Wildman–Crippen MR) is 109 cm³/mol. The summed E-state index contributed by atoms with van der Waals surface area (Å²) in [4.78, 5) is 20.0. The Labute approximate surface area is 156 Å².